The Morgan fingerprint density at radius 2 is 2.03 bits per heavy atom. The zero-order chi connectivity index (χ0) is 22.2. The number of amides is 1. The van der Waals surface area contributed by atoms with E-state index in [0.717, 1.165) is 63.2 Å². The lowest BCUT2D eigenvalue weighted by atomic mass is 9.58. The highest BCUT2D eigenvalue weighted by Crippen LogP contribution is 2.49. The Morgan fingerprint density at radius 3 is 2.69 bits per heavy atom. The van der Waals surface area contributed by atoms with Gasteiger partial charge in [-0.05, 0) is 94.3 Å². The number of phenolic OH excluding ortho intramolecular Hbond substituents is 1. The van der Waals surface area contributed by atoms with E-state index >= 15 is 0 Å². The number of nitrogens with zero attached hydrogens (tertiary/aromatic N) is 2. The van der Waals surface area contributed by atoms with Crippen molar-refractivity contribution in [2.75, 3.05) is 32.7 Å². The summed E-state index contributed by atoms with van der Waals surface area (Å²) in [5, 5.41) is 10.2. The normalized spacial score (nSPS) is 22.6. The number of aromatic hydroxyl groups is 1. The van der Waals surface area contributed by atoms with Crippen LogP contribution in [0, 0.1) is 12.8 Å². The summed E-state index contributed by atoms with van der Waals surface area (Å²) in [5.41, 5.74) is 5.70. The minimum atomic E-state index is 0. The first kappa shape index (κ1) is 24.7. The Morgan fingerprint density at radius 1 is 1.28 bits per heavy atom. The van der Waals surface area contributed by atoms with E-state index in [-0.39, 0.29) is 23.7 Å². The third kappa shape index (κ3) is 4.17. The molecule has 4 rings (SSSR count). The molecule has 1 amide bonds. The van der Waals surface area contributed by atoms with E-state index in [4.69, 9.17) is 0 Å². The Bertz CT molecular complexity index is 953. The van der Waals surface area contributed by atoms with E-state index in [9.17, 15) is 9.90 Å². The Kier molecular flexibility index (Phi) is 7.61. The molecule has 1 fully saturated rings. The summed E-state index contributed by atoms with van der Waals surface area (Å²) >= 11 is 0. The van der Waals surface area contributed by atoms with Gasteiger partial charge >= 0.3 is 0 Å². The molecule has 2 aliphatic rings. The van der Waals surface area contributed by atoms with Crippen LogP contribution in [0.1, 0.15) is 66.5 Å². The molecule has 6 heteroatoms. The predicted molar refractivity (Wildman–Crippen MR) is 132 cm³/mol. The number of carbonyl (C=O) groups excluding carboxylic acids is 1. The molecule has 176 valence electrons. The van der Waals surface area contributed by atoms with Crippen molar-refractivity contribution in [3.05, 3.63) is 52.3 Å². The third-order valence-corrected chi connectivity index (χ3v) is 7.77. The quantitative estimate of drug-likeness (QED) is 0.658. The van der Waals surface area contributed by atoms with Crippen molar-refractivity contribution >= 4 is 18.3 Å². The highest BCUT2D eigenvalue weighted by atomic mass is 35.5. The maximum atomic E-state index is 13.1. The molecule has 2 N–H and O–H groups in total. The number of fused-ring (bicyclic) bond motifs is 2. The number of nitrogens with one attached hydrogen (secondary N) is 1. The van der Waals surface area contributed by atoms with Gasteiger partial charge in [0.25, 0.3) is 5.91 Å². The highest BCUT2D eigenvalue weighted by Gasteiger charge is 2.48. The van der Waals surface area contributed by atoms with E-state index in [1.54, 1.807) is 6.07 Å². The van der Waals surface area contributed by atoms with Crippen molar-refractivity contribution < 1.29 is 9.90 Å². The van der Waals surface area contributed by atoms with Gasteiger partial charge in [-0.1, -0.05) is 19.1 Å². The molecule has 1 aliphatic carbocycles. The van der Waals surface area contributed by atoms with Crippen molar-refractivity contribution in [2.24, 2.45) is 5.92 Å². The lowest BCUT2D eigenvalue weighted by Gasteiger charge is -2.51. The fourth-order valence-corrected chi connectivity index (χ4v) is 6.02. The first-order valence-corrected chi connectivity index (χ1v) is 11.9. The Labute approximate surface area is 198 Å². The van der Waals surface area contributed by atoms with Gasteiger partial charge in [0.05, 0.1) is 0 Å². The third-order valence-electron chi connectivity index (χ3n) is 7.77. The molecule has 0 spiro atoms. The fourth-order valence-electron chi connectivity index (χ4n) is 6.02. The van der Waals surface area contributed by atoms with E-state index in [0.29, 0.717) is 11.7 Å². The second-order valence-corrected chi connectivity index (χ2v) is 9.39. The number of piperidine rings is 1. The largest absolute Gasteiger partial charge is 0.508 e. The fraction of sp³-hybridized carbons (Fsp3) is 0.577. The molecule has 1 saturated heterocycles. The van der Waals surface area contributed by atoms with Crippen molar-refractivity contribution in [3.8, 4) is 5.75 Å². The molecule has 2 aromatic rings. The molecule has 0 radical (unpaired) electrons. The van der Waals surface area contributed by atoms with Crippen LogP contribution in [0.3, 0.4) is 0 Å². The average Bonchev–Trinajstić information content (AvgIpc) is 3.08. The molecule has 2 unspecified atom stereocenters. The Balaban J connectivity index is 0.00000289. The molecule has 32 heavy (non-hydrogen) atoms. The maximum Gasteiger partial charge on any atom is 0.270 e. The van der Waals surface area contributed by atoms with Crippen LogP contribution in [0.25, 0.3) is 0 Å². The molecule has 1 aromatic heterocycles. The molecule has 5 nitrogen and oxygen atoms in total. The molecule has 1 aliphatic heterocycles. The summed E-state index contributed by atoms with van der Waals surface area (Å²) < 4.78 is 0. The second-order valence-electron chi connectivity index (χ2n) is 9.39. The van der Waals surface area contributed by atoms with Crippen LogP contribution >= 0.6 is 12.4 Å². The van der Waals surface area contributed by atoms with Crippen molar-refractivity contribution in [1.82, 2.24) is 14.8 Å². The molecule has 2 atom stereocenters. The second kappa shape index (κ2) is 9.88. The molecular formula is C26H38ClN3O2. The standard InChI is InChI=1S/C26H37N3O2.ClH/c1-5-12-28-13-11-26(19-9-8-10-21(30)14-19)16-23-22(15-20(26)17-28)18(4)24(27-23)25(31)29(6-2)7-3;/h8-10,14,20,27,30H,5-7,11-13,15-17H2,1-4H3;1H. The average molecular weight is 460 g/mol. The number of H-pyrrole nitrogens is 1. The molecule has 0 saturated carbocycles. The first-order valence-electron chi connectivity index (χ1n) is 11.9. The van der Waals surface area contributed by atoms with Gasteiger partial charge in [0.15, 0.2) is 0 Å². The first-order chi connectivity index (χ1) is 14.9. The number of carbonyl (C=O) groups is 1. The minimum absolute atomic E-state index is 0. The van der Waals surface area contributed by atoms with Gasteiger partial charge in [-0.25, -0.2) is 0 Å². The van der Waals surface area contributed by atoms with E-state index in [1.165, 1.54) is 23.2 Å². The van der Waals surface area contributed by atoms with Gasteiger partial charge in [-0.2, -0.15) is 0 Å². The molecular weight excluding hydrogens is 422 g/mol. The zero-order valence-corrected chi connectivity index (χ0v) is 20.7. The predicted octanol–water partition coefficient (Wildman–Crippen LogP) is 4.70. The van der Waals surface area contributed by atoms with E-state index < -0.39 is 0 Å². The highest BCUT2D eigenvalue weighted by molar-refractivity contribution is 5.94. The summed E-state index contributed by atoms with van der Waals surface area (Å²) in [4.78, 5) is 21.2. The number of hydrogen-bond donors (Lipinski definition) is 2. The van der Waals surface area contributed by atoms with Crippen LogP contribution in [0.4, 0.5) is 0 Å². The van der Waals surface area contributed by atoms with Gasteiger partial charge in [-0.3, -0.25) is 4.79 Å². The van der Waals surface area contributed by atoms with Gasteiger partial charge < -0.3 is 19.9 Å². The monoisotopic (exact) mass is 459 g/mol. The minimum Gasteiger partial charge on any atom is -0.508 e. The maximum absolute atomic E-state index is 13.1. The number of benzene rings is 1. The number of hydrogen-bond acceptors (Lipinski definition) is 3. The van der Waals surface area contributed by atoms with Crippen molar-refractivity contribution in [2.45, 2.75) is 58.8 Å². The van der Waals surface area contributed by atoms with Gasteiger partial charge in [0.1, 0.15) is 11.4 Å². The van der Waals surface area contributed by atoms with Crippen LogP contribution in [-0.2, 0) is 18.3 Å². The lowest BCUT2D eigenvalue weighted by Crippen LogP contribution is -2.53. The number of rotatable bonds is 6. The van der Waals surface area contributed by atoms with E-state index in [1.807, 2.05) is 30.9 Å². The van der Waals surface area contributed by atoms with Crippen LogP contribution in [0.15, 0.2) is 24.3 Å². The number of likely N-dealkylation sites (tertiary alicyclic amines) is 1. The van der Waals surface area contributed by atoms with Gasteiger partial charge in [-0.15, -0.1) is 12.4 Å². The number of phenols is 1. The van der Waals surface area contributed by atoms with Crippen LogP contribution in [0.5, 0.6) is 5.75 Å². The number of halogens is 1. The summed E-state index contributed by atoms with van der Waals surface area (Å²) in [7, 11) is 0. The zero-order valence-electron chi connectivity index (χ0n) is 19.9. The van der Waals surface area contributed by atoms with Crippen molar-refractivity contribution in [1.29, 1.82) is 0 Å². The summed E-state index contributed by atoms with van der Waals surface area (Å²) in [6.07, 6.45) is 4.14. The SMILES string of the molecule is CCCN1CCC2(c3cccc(O)c3)Cc3[nH]c(C(=O)N(CC)CC)c(C)c3CC2C1.Cl. The smallest absolute Gasteiger partial charge is 0.270 e. The van der Waals surface area contributed by atoms with Crippen molar-refractivity contribution in [3.63, 3.8) is 0 Å². The van der Waals surface area contributed by atoms with E-state index in [2.05, 4.69) is 29.8 Å². The molecule has 0 bridgehead atoms. The van der Waals surface area contributed by atoms with Crippen LogP contribution in [0.2, 0.25) is 0 Å². The molecule has 1 aromatic carbocycles. The topological polar surface area (TPSA) is 59.6 Å². The van der Waals surface area contributed by atoms with Crippen LogP contribution < -0.4 is 0 Å². The summed E-state index contributed by atoms with van der Waals surface area (Å²) in [6, 6.07) is 7.88. The Hall–Kier alpha value is -1.98. The molecule has 2 heterocycles. The number of aromatic amines is 1. The summed E-state index contributed by atoms with van der Waals surface area (Å²) in [5.74, 6) is 0.930. The van der Waals surface area contributed by atoms with Crippen LogP contribution in [-0.4, -0.2) is 58.5 Å². The lowest BCUT2D eigenvalue weighted by molar-refractivity contribution is 0.0766. The van der Waals surface area contributed by atoms with Gasteiger partial charge in [0, 0.05) is 30.7 Å². The number of aromatic nitrogens is 1. The summed E-state index contributed by atoms with van der Waals surface area (Å²) in [6.45, 7) is 13.2. The van der Waals surface area contributed by atoms with Gasteiger partial charge in [0.2, 0.25) is 0 Å².